The maximum atomic E-state index is 7.19. The van der Waals surface area contributed by atoms with Gasteiger partial charge >= 0.3 is 0 Å². The maximum Gasteiger partial charge on any atom is 0.195 e. The highest BCUT2D eigenvalue weighted by atomic mass is 35.6. The summed E-state index contributed by atoms with van der Waals surface area (Å²) in [5.41, 5.74) is 9.07. The Morgan fingerprint density at radius 1 is 0.514 bits per heavy atom. The molecule has 6 rings (SSSR count). The van der Waals surface area contributed by atoms with Gasteiger partial charge in [-0.2, -0.15) is 0 Å². The van der Waals surface area contributed by atoms with Gasteiger partial charge in [-0.05, 0) is 57.3 Å². The third-order valence-electron chi connectivity index (χ3n) is 8.64. The molecule has 176 valence electrons. The predicted octanol–water partition coefficient (Wildman–Crippen LogP) is 9.73. The van der Waals surface area contributed by atoms with E-state index in [9.17, 15) is 0 Å². The monoisotopic (exact) mass is 516 g/mol. The van der Waals surface area contributed by atoms with Crippen LogP contribution < -0.4 is 0 Å². The molecule has 0 aliphatic heterocycles. The van der Waals surface area contributed by atoms with Gasteiger partial charge in [-0.3, -0.25) is 0 Å². The Balaban J connectivity index is 1.78. The molecule has 4 aromatic carbocycles. The highest BCUT2D eigenvalue weighted by Gasteiger charge is 2.64. The van der Waals surface area contributed by atoms with Crippen molar-refractivity contribution < 1.29 is 0 Å². The summed E-state index contributed by atoms with van der Waals surface area (Å²) in [4.78, 5) is 0. The largest absolute Gasteiger partial charge is 0.195 e. The summed E-state index contributed by atoms with van der Waals surface area (Å²) in [6.45, 7) is 4.50. The van der Waals surface area contributed by atoms with E-state index in [0.29, 0.717) is 0 Å². The lowest BCUT2D eigenvalue weighted by atomic mass is 9.53. The van der Waals surface area contributed by atoms with E-state index in [0.717, 1.165) is 12.8 Å². The lowest BCUT2D eigenvalue weighted by Crippen LogP contribution is -2.53. The summed E-state index contributed by atoms with van der Waals surface area (Å²) in [7, 11) is 0. The molecule has 0 saturated carbocycles. The molecule has 2 aliphatic rings. The van der Waals surface area contributed by atoms with E-state index in [1.165, 1.54) is 44.5 Å². The van der Waals surface area contributed by atoms with Crippen LogP contribution in [0.4, 0.5) is 0 Å². The Hall–Kier alpha value is -2.25. The van der Waals surface area contributed by atoms with Crippen LogP contribution in [0.2, 0.25) is 0 Å². The molecule has 0 nitrogen and oxygen atoms in total. The molecule has 0 amide bonds. The van der Waals surface area contributed by atoms with Gasteiger partial charge in [0.05, 0.1) is 0 Å². The van der Waals surface area contributed by atoms with Gasteiger partial charge in [-0.25, -0.2) is 0 Å². The number of alkyl halides is 3. The lowest BCUT2D eigenvalue weighted by Gasteiger charge is -2.52. The molecule has 2 aliphatic carbocycles. The second-order valence-electron chi connectivity index (χ2n) is 9.81. The Morgan fingerprint density at radius 3 is 1.00 bits per heavy atom. The Kier molecular flexibility index (Phi) is 5.38. The standard InChI is InChI=1S/C32H27Cl3/c1-3-30(25-17-9-5-13-21(25)22-14-6-10-18-26(22)30)29(32(33,34)35)31(4-2)27-19-11-7-15-23(27)24-16-8-12-20-28(24)31/h5-20,29H,3-4H2,1-2H3. The second-order valence-corrected chi connectivity index (χ2v) is 12.2. The zero-order chi connectivity index (χ0) is 24.4. The van der Waals surface area contributed by atoms with Gasteiger partial charge in [-0.15, -0.1) is 0 Å². The number of fused-ring (bicyclic) bond motifs is 6. The average molecular weight is 518 g/mol. The van der Waals surface area contributed by atoms with Crippen molar-refractivity contribution in [2.45, 2.75) is 41.3 Å². The van der Waals surface area contributed by atoms with Crippen LogP contribution in [0.25, 0.3) is 22.3 Å². The molecule has 0 bridgehead atoms. The fraction of sp³-hybridized carbons (Fsp3) is 0.250. The molecule has 0 atom stereocenters. The van der Waals surface area contributed by atoms with Crippen molar-refractivity contribution in [3.05, 3.63) is 119 Å². The topological polar surface area (TPSA) is 0 Å². The summed E-state index contributed by atoms with van der Waals surface area (Å²) >= 11 is 21.6. The van der Waals surface area contributed by atoms with Crippen molar-refractivity contribution in [1.82, 2.24) is 0 Å². The van der Waals surface area contributed by atoms with Gasteiger partial charge in [0, 0.05) is 16.7 Å². The number of halogens is 3. The normalized spacial score (nSPS) is 16.5. The average Bonchev–Trinajstić information content (AvgIpc) is 3.33. The lowest BCUT2D eigenvalue weighted by molar-refractivity contribution is 0.203. The van der Waals surface area contributed by atoms with Crippen molar-refractivity contribution in [3.8, 4) is 22.3 Å². The van der Waals surface area contributed by atoms with Gasteiger partial charge < -0.3 is 0 Å². The van der Waals surface area contributed by atoms with E-state index in [1.54, 1.807) is 0 Å². The number of rotatable bonds is 4. The highest BCUT2D eigenvalue weighted by molar-refractivity contribution is 6.68. The number of hydrogen-bond acceptors (Lipinski definition) is 0. The molecule has 0 spiro atoms. The Labute approximate surface area is 222 Å². The van der Waals surface area contributed by atoms with Gasteiger partial charge in [0.25, 0.3) is 0 Å². The molecule has 0 saturated heterocycles. The first kappa shape index (κ1) is 23.2. The molecule has 3 heteroatoms. The van der Waals surface area contributed by atoms with Gasteiger partial charge in [0.15, 0.2) is 3.79 Å². The fourth-order valence-electron chi connectivity index (χ4n) is 7.49. The first-order valence-corrected chi connectivity index (χ1v) is 13.5. The second kappa shape index (κ2) is 8.13. The molecule has 0 N–H and O–H groups in total. The fourth-order valence-corrected chi connectivity index (χ4v) is 8.61. The molecule has 35 heavy (non-hydrogen) atoms. The van der Waals surface area contributed by atoms with Crippen LogP contribution in [-0.4, -0.2) is 3.79 Å². The highest BCUT2D eigenvalue weighted by Crippen LogP contribution is 2.68. The van der Waals surface area contributed by atoms with E-state index in [-0.39, 0.29) is 5.92 Å². The molecular formula is C32H27Cl3. The van der Waals surface area contributed by atoms with E-state index >= 15 is 0 Å². The minimum absolute atomic E-state index is 0.336. The van der Waals surface area contributed by atoms with Crippen LogP contribution >= 0.6 is 34.8 Å². The molecule has 4 aromatic rings. The van der Waals surface area contributed by atoms with Crippen LogP contribution in [0.3, 0.4) is 0 Å². The maximum absolute atomic E-state index is 7.19. The summed E-state index contributed by atoms with van der Waals surface area (Å²) in [6.07, 6.45) is 1.65. The van der Waals surface area contributed by atoms with Gasteiger partial charge in [-0.1, -0.05) is 146 Å². The predicted molar refractivity (Wildman–Crippen MR) is 150 cm³/mol. The number of benzene rings is 4. The first-order chi connectivity index (χ1) is 16.9. The van der Waals surface area contributed by atoms with Gasteiger partial charge in [0.1, 0.15) is 0 Å². The quantitative estimate of drug-likeness (QED) is 0.236. The zero-order valence-corrected chi connectivity index (χ0v) is 22.1. The Morgan fingerprint density at radius 2 is 0.771 bits per heavy atom. The van der Waals surface area contributed by atoms with Crippen LogP contribution in [-0.2, 0) is 10.8 Å². The molecule has 0 aromatic heterocycles. The molecule has 0 fully saturated rings. The van der Waals surface area contributed by atoms with E-state index < -0.39 is 14.6 Å². The summed E-state index contributed by atoms with van der Waals surface area (Å²) in [5.74, 6) is -0.336. The van der Waals surface area contributed by atoms with Crippen molar-refractivity contribution in [2.24, 2.45) is 5.92 Å². The minimum Gasteiger partial charge on any atom is -0.0833 e. The summed E-state index contributed by atoms with van der Waals surface area (Å²) in [5, 5.41) is 0. The van der Waals surface area contributed by atoms with Crippen molar-refractivity contribution >= 4 is 34.8 Å². The van der Waals surface area contributed by atoms with Crippen LogP contribution in [0.1, 0.15) is 48.9 Å². The minimum atomic E-state index is -1.53. The Bertz CT molecular complexity index is 1230. The van der Waals surface area contributed by atoms with Crippen LogP contribution in [0, 0.1) is 5.92 Å². The molecule has 0 unspecified atom stereocenters. The SMILES string of the molecule is CCC1(C(C(Cl)(Cl)Cl)C2(CC)c3ccccc3-c3ccccc32)c2ccccc2-c2ccccc21. The third-order valence-corrected chi connectivity index (χ3v) is 9.29. The van der Waals surface area contributed by atoms with Crippen molar-refractivity contribution in [1.29, 1.82) is 0 Å². The third kappa shape index (κ3) is 2.94. The van der Waals surface area contributed by atoms with E-state index in [4.69, 9.17) is 34.8 Å². The van der Waals surface area contributed by atoms with Crippen molar-refractivity contribution in [3.63, 3.8) is 0 Å². The molecule has 0 radical (unpaired) electrons. The number of hydrogen-bond donors (Lipinski definition) is 0. The van der Waals surface area contributed by atoms with Gasteiger partial charge in [0.2, 0.25) is 0 Å². The first-order valence-electron chi connectivity index (χ1n) is 12.4. The van der Waals surface area contributed by atoms with E-state index in [1.807, 2.05) is 0 Å². The summed E-state index contributed by atoms with van der Waals surface area (Å²) in [6, 6.07) is 34.8. The molecule has 0 heterocycles. The van der Waals surface area contributed by atoms with Crippen molar-refractivity contribution in [2.75, 3.05) is 0 Å². The van der Waals surface area contributed by atoms with E-state index in [2.05, 4.69) is 111 Å². The van der Waals surface area contributed by atoms with Crippen LogP contribution in [0.15, 0.2) is 97.1 Å². The van der Waals surface area contributed by atoms with Crippen LogP contribution in [0.5, 0.6) is 0 Å². The summed E-state index contributed by atoms with van der Waals surface area (Å²) < 4.78 is -1.53. The zero-order valence-electron chi connectivity index (χ0n) is 19.9. The molecular weight excluding hydrogens is 491 g/mol. The smallest absolute Gasteiger partial charge is 0.0833 e.